The van der Waals surface area contributed by atoms with Crippen LogP contribution >= 0.6 is 0 Å². The normalized spacial score (nSPS) is 18.2. The van der Waals surface area contributed by atoms with Gasteiger partial charge in [-0.2, -0.15) is 0 Å². The molecule has 0 amide bonds. The molecule has 0 aliphatic carbocycles. The van der Waals surface area contributed by atoms with Gasteiger partial charge in [-0.05, 0) is 49.8 Å². The molecule has 1 heterocycles. The van der Waals surface area contributed by atoms with Gasteiger partial charge in [-0.25, -0.2) is 0 Å². The summed E-state index contributed by atoms with van der Waals surface area (Å²) >= 11 is 0. The second-order valence-electron chi connectivity index (χ2n) is 5.40. The van der Waals surface area contributed by atoms with Gasteiger partial charge in [0.05, 0.1) is 12.7 Å². The minimum atomic E-state index is -0.257. The van der Waals surface area contributed by atoms with Crippen molar-refractivity contribution >= 4 is 0 Å². The van der Waals surface area contributed by atoms with E-state index in [1.807, 2.05) is 31.2 Å². The van der Waals surface area contributed by atoms with Crippen LogP contribution in [0, 0.1) is 12.8 Å². The first-order valence-electron chi connectivity index (χ1n) is 7.19. The highest BCUT2D eigenvalue weighted by Gasteiger charge is 2.17. The van der Waals surface area contributed by atoms with E-state index in [0.717, 1.165) is 38.2 Å². The minimum absolute atomic E-state index is 0.257. The fourth-order valence-corrected chi connectivity index (χ4v) is 2.50. The quantitative estimate of drug-likeness (QED) is 0.858. The molecule has 3 nitrogen and oxygen atoms in total. The molecule has 0 spiro atoms. The van der Waals surface area contributed by atoms with E-state index in [1.54, 1.807) is 0 Å². The Kier molecular flexibility index (Phi) is 5.67. The van der Waals surface area contributed by atoms with Crippen LogP contribution in [0.15, 0.2) is 24.3 Å². The van der Waals surface area contributed by atoms with E-state index in [9.17, 15) is 5.11 Å². The Morgan fingerprint density at radius 1 is 1.37 bits per heavy atom. The second kappa shape index (κ2) is 7.51. The molecule has 1 aliphatic heterocycles. The van der Waals surface area contributed by atoms with Crippen molar-refractivity contribution in [2.45, 2.75) is 38.7 Å². The summed E-state index contributed by atoms with van der Waals surface area (Å²) in [6.45, 7) is 4.31. The monoisotopic (exact) mass is 264 g/mol. The van der Waals surface area contributed by atoms with Gasteiger partial charge in [0.2, 0.25) is 0 Å². The van der Waals surface area contributed by atoms with Gasteiger partial charge in [0.1, 0.15) is 5.75 Å². The largest absolute Gasteiger partial charge is 0.493 e. The molecule has 1 N–H and O–H groups in total. The van der Waals surface area contributed by atoms with Gasteiger partial charge < -0.3 is 14.6 Å². The number of aliphatic hydroxyl groups is 1. The molecule has 1 saturated heterocycles. The molecule has 1 atom stereocenters. The lowest BCUT2D eigenvalue weighted by molar-refractivity contribution is 0.0390. The highest BCUT2D eigenvalue weighted by Crippen LogP contribution is 2.21. The van der Waals surface area contributed by atoms with Crippen LogP contribution < -0.4 is 4.74 Å². The van der Waals surface area contributed by atoms with E-state index in [0.29, 0.717) is 18.9 Å². The molecule has 106 valence electrons. The van der Waals surface area contributed by atoms with E-state index >= 15 is 0 Å². The Hall–Kier alpha value is -1.06. The predicted octanol–water partition coefficient (Wildman–Crippen LogP) is 2.94. The van der Waals surface area contributed by atoms with Crippen LogP contribution in [-0.2, 0) is 4.74 Å². The third-order valence-corrected chi connectivity index (χ3v) is 3.66. The zero-order valence-electron chi connectivity index (χ0n) is 11.7. The zero-order chi connectivity index (χ0) is 13.5. The summed E-state index contributed by atoms with van der Waals surface area (Å²) in [7, 11) is 0. The number of hydrogen-bond donors (Lipinski definition) is 1. The predicted molar refractivity (Wildman–Crippen MR) is 75.5 cm³/mol. The average molecular weight is 264 g/mol. The van der Waals surface area contributed by atoms with Crippen LogP contribution in [0.5, 0.6) is 5.75 Å². The van der Waals surface area contributed by atoms with Crippen LogP contribution in [0.2, 0.25) is 0 Å². The standard InChI is InChI=1S/C16H24O3/c1-13-3-2-4-16(11-13)19-10-7-15(17)12-14-5-8-18-9-6-14/h2-4,11,14-15,17H,5-10,12H2,1H3. The van der Waals surface area contributed by atoms with Crippen molar-refractivity contribution in [2.24, 2.45) is 5.92 Å². The number of benzene rings is 1. The van der Waals surface area contributed by atoms with Crippen LogP contribution in [0.3, 0.4) is 0 Å². The van der Waals surface area contributed by atoms with Crippen molar-refractivity contribution in [2.75, 3.05) is 19.8 Å². The van der Waals surface area contributed by atoms with E-state index in [1.165, 1.54) is 5.56 Å². The SMILES string of the molecule is Cc1cccc(OCCC(O)CC2CCOCC2)c1. The number of ether oxygens (including phenoxy) is 2. The highest BCUT2D eigenvalue weighted by molar-refractivity contribution is 5.27. The van der Waals surface area contributed by atoms with Crippen LogP contribution in [0.25, 0.3) is 0 Å². The Morgan fingerprint density at radius 2 is 2.16 bits per heavy atom. The molecular weight excluding hydrogens is 240 g/mol. The van der Waals surface area contributed by atoms with Crippen LogP contribution in [-0.4, -0.2) is 31.0 Å². The third-order valence-electron chi connectivity index (χ3n) is 3.66. The Balaban J connectivity index is 1.64. The van der Waals surface area contributed by atoms with Gasteiger partial charge in [-0.15, -0.1) is 0 Å². The topological polar surface area (TPSA) is 38.7 Å². The van der Waals surface area contributed by atoms with E-state index < -0.39 is 0 Å². The molecule has 0 aromatic heterocycles. The highest BCUT2D eigenvalue weighted by atomic mass is 16.5. The number of aliphatic hydroxyl groups excluding tert-OH is 1. The average Bonchev–Trinajstić information content (AvgIpc) is 2.40. The van der Waals surface area contributed by atoms with Crippen molar-refractivity contribution in [3.63, 3.8) is 0 Å². The van der Waals surface area contributed by atoms with Gasteiger partial charge in [-0.1, -0.05) is 12.1 Å². The van der Waals surface area contributed by atoms with Gasteiger partial charge in [0.25, 0.3) is 0 Å². The molecule has 19 heavy (non-hydrogen) atoms. The zero-order valence-corrected chi connectivity index (χ0v) is 11.7. The Labute approximate surface area is 115 Å². The lowest BCUT2D eigenvalue weighted by Gasteiger charge is -2.24. The summed E-state index contributed by atoms with van der Waals surface area (Å²) in [5.41, 5.74) is 1.19. The Morgan fingerprint density at radius 3 is 2.89 bits per heavy atom. The number of rotatable bonds is 6. The number of hydrogen-bond acceptors (Lipinski definition) is 3. The number of aryl methyl sites for hydroxylation is 1. The fourth-order valence-electron chi connectivity index (χ4n) is 2.50. The third kappa shape index (κ3) is 5.21. The molecule has 0 radical (unpaired) electrons. The molecule has 0 bridgehead atoms. The molecular formula is C16H24O3. The molecule has 1 unspecified atom stereocenters. The Bertz CT molecular complexity index is 372. The van der Waals surface area contributed by atoms with Crippen molar-refractivity contribution in [1.29, 1.82) is 0 Å². The maximum Gasteiger partial charge on any atom is 0.119 e. The smallest absolute Gasteiger partial charge is 0.119 e. The second-order valence-corrected chi connectivity index (χ2v) is 5.40. The van der Waals surface area contributed by atoms with Crippen molar-refractivity contribution < 1.29 is 14.6 Å². The minimum Gasteiger partial charge on any atom is -0.493 e. The molecule has 1 aromatic rings. The fraction of sp³-hybridized carbons (Fsp3) is 0.625. The van der Waals surface area contributed by atoms with Gasteiger partial charge in [0, 0.05) is 19.6 Å². The van der Waals surface area contributed by atoms with Crippen LogP contribution in [0.1, 0.15) is 31.2 Å². The summed E-state index contributed by atoms with van der Waals surface area (Å²) in [4.78, 5) is 0. The first-order valence-corrected chi connectivity index (χ1v) is 7.19. The molecule has 1 aromatic carbocycles. The first-order chi connectivity index (χ1) is 9.24. The van der Waals surface area contributed by atoms with Gasteiger partial charge in [0.15, 0.2) is 0 Å². The van der Waals surface area contributed by atoms with Crippen molar-refractivity contribution in [3.05, 3.63) is 29.8 Å². The lowest BCUT2D eigenvalue weighted by Crippen LogP contribution is -2.22. The van der Waals surface area contributed by atoms with E-state index in [4.69, 9.17) is 9.47 Å². The first kappa shape index (κ1) is 14.4. The molecule has 2 rings (SSSR count). The molecule has 1 fully saturated rings. The van der Waals surface area contributed by atoms with E-state index in [-0.39, 0.29) is 6.10 Å². The van der Waals surface area contributed by atoms with E-state index in [2.05, 4.69) is 0 Å². The van der Waals surface area contributed by atoms with Crippen molar-refractivity contribution in [1.82, 2.24) is 0 Å². The molecule has 1 aliphatic rings. The van der Waals surface area contributed by atoms with Gasteiger partial charge >= 0.3 is 0 Å². The maximum atomic E-state index is 10.0. The summed E-state index contributed by atoms with van der Waals surface area (Å²) in [5, 5.41) is 10.0. The summed E-state index contributed by atoms with van der Waals surface area (Å²) in [6.07, 6.45) is 3.48. The summed E-state index contributed by atoms with van der Waals surface area (Å²) < 4.78 is 11.0. The molecule has 3 heteroatoms. The lowest BCUT2D eigenvalue weighted by atomic mass is 9.93. The maximum absolute atomic E-state index is 10.0. The van der Waals surface area contributed by atoms with Gasteiger partial charge in [-0.3, -0.25) is 0 Å². The van der Waals surface area contributed by atoms with Crippen molar-refractivity contribution in [3.8, 4) is 5.75 Å². The summed E-state index contributed by atoms with van der Waals surface area (Å²) in [6, 6.07) is 8.01. The molecule has 0 saturated carbocycles. The van der Waals surface area contributed by atoms with Crippen LogP contribution in [0.4, 0.5) is 0 Å². The summed E-state index contributed by atoms with van der Waals surface area (Å²) in [5.74, 6) is 1.50.